The van der Waals surface area contributed by atoms with Crippen LogP contribution in [0.25, 0.3) is 0 Å². The zero-order valence-corrected chi connectivity index (χ0v) is 11.5. The summed E-state index contributed by atoms with van der Waals surface area (Å²) in [6.45, 7) is 2.76. The van der Waals surface area contributed by atoms with Crippen LogP contribution in [0.1, 0.15) is 51.9 Å². The predicted octanol–water partition coefficient (Wildman–Crippen LogP) is 1.39. The quantitative estimate of drug-likeness (QED) is 0.811. The van der Waals surface area contributed by atoms with Crippen LogP contribution in [0.2, 0.25) is 0 Å². The molecule has 2 N–H and O–H groups in total. The number of carbonyl (C=O) groups excluding carboxylic acids is 1. The highest BCUT2D eigenvalue weighted by atomic mass is 16.4. The van der Waals surface area contributed by atoms with E-state index < -0.39 is 11.6 Å². The van der Waals surface area contributed by atoms with E-state index in [9.17, 15) is 14.7 Å². The average Bonchev–Trinajstić information content (AvgIpc) is 2.88. The van der Waals surface area contributed by atoms with Crippen LogP contribution in [0.4, 0.5) is 0 Å². The second kappa shape index (κ2) is 5.12. The molecule has 1 saturated heterocycles. The van der Waals surface area contributed by atoms with Crippen molar-refractivity contribution in [2.24, 2.45) is 5.41 Å². The second-order valence-electron chi connectivity index (χ2n) is 5.97. The largest absolute Gasteiger partial charge is 0.479 e. The average molecular weight is 269 g/mol. The van der Waals surface area contributed by atoms with Crippen LogP contribution in [0.5, 0.6) is 0 Å². The zero-order chi connectivity index (χ0) is 14.1. The highest BCUT2D eigenvalue weighted by Crippen LogP contribution is 2.43. The number of nitrogens with zero attached hydrogens (tertiary/aromatic N) is 1. The summed E-state index contributed by atoms with van der Waals surface area (Å²) in [7, 11) is 0. The van der Waals surface area contributed by atoms with E-state index in [0.717, 1.165) is 32.1 Å². The summed E-state index contributed by atoms with van der Waals surface area (Å²) in [5.74, 6) is -1.01. The molecular weight excluding hydrogens is 246 g/mol. The SMILES string of the molecule is CCC1(C(=O)N2CCC(O)(C(=O)O)CC2)CCCC1. The molecule has 1 heterocycles. The maximum absolute atomic E-state index is 12.6. The van der Waals surface area contributed by atoms with Crippen molar-refractivity contribution in [3.63, 3.8) is 0 Å². The van der Waals surface area contributed by atoms with Crippen molar-refractivity contribution in [3.05, 3.63) is 0 Å². The fourth-order valence-electron chi connectivity index (χ4n) is 3.40. The molecule has 2 fully saturated rings. The summed E-state index contributed by atoms with van der Waals surface area (Å²) >= 11 is 0. The number of amides is 1. The first-order chi connectivity index (χ1) is 8.93. The van der Waals surface area contributed by atoms with Crippen LogP contribution in [0.15, 0.2) is 0 Å². The summed E-state index contributed by atoms with van der Waals surface area (Å²) in [6, 6.07) is 0. The van der Waals surface area contributed by atoms with Gasteiger partial charge in [0.25, 0.3) is 0 Å². The number of carboxylic acid groups (broad SMARTS) is 1. The lowest BCUT2D eigenvalue weighted by Crippen LogP contribution is -2.53. The molecule has 2 aliphatic rings. The van der Waals surface area contributed by atoms with Crippen molar-refractivity contribution in [1.82, 2.24) is 4.90 Å². The van der Waals surface area contributed by atoms with E-state index in [-0.39, 0.29) is 24.2 Å². The number of rotatable bonds is 3. The molecule has 0 bridgehead atoms. The van der Waals surface area contributed by atoms with Gasteiger partial charge < -0.3 is 15.1 Å². The maximum atomic E-state index is 12.6. The summed E-state index contributed by atoms with van der Waals surface area (Å²) < 4.78 is 0. The van der Waals surface area contributed by atoms with E-state index in [1.807, 2.05) is 0 Å². The Hall–Kier alpha value is -1.10. The van der Waals surface area contributed by atoms with Crippen molar-refractivity contribution in [2.75, 3.05) is 13.1 Å². The third-order valence-electron chi connectivity index (χ3n) is 4.97. The molecule has 5 nitrogen and oxygen atoms in total. The molecule has 1 aliphatic heterocycles. The molecule has 1 saturated carbocycles. The third-order valence-corrected chi connectivity index (χ3v) is 4.97. The molecule has 0 radical (unpaired) electrons. The highest BCUT2D eigenvalue weighted by molar-refractivity contribution is 5.84. The van der Waals surface area contributed by atoms with Gasteiger partial charge in [0.05, 0.1) is 0 Å². The van der Waals surface area contributed by atoms with Gasteiger partial charge in [0, 0.05) is 31.3 Å². The first-order valence-electron chi connectivity index (χ1n) is 7.19. The Bertz CT molecular complexity index is 366. The number of hydrogen-bond acceptors (Lipinski definition) is 3. The van der Waals surface area contributed by atoms with Crippen LogP contribution >= 0.6 is 0 Å². The van der Waals surface area contributed by atoms with Gasteiger partial charge in [0.15, 0.2) is 5.60 Å². The summed E-state index contributed by atoms with van der Waals surface area (Å²) in [4.78, 5) is 25.4. The third kappa shape index (κ3) is 2.48. The maximum Gasteiger partial charge on any atom is 0.335 e. The number of carbonyl (C=O) groups is 2. The van der Waals surface area contributed by atoms with E-state index in [2.05, 4.69) is 6.92 Å². The monoisotopic (exact) mass is 269 g/mol. The van der Waals surface area contributed by atoms with Gasteiger partial charge >= 0.3 is 5.97 Å². The topological polar surface area (TPSA) is 77.8 Å². The number of aliphatic hydroxyl groups is 1. The van der Waals surface area contributed by atoms with Gasteiger partial charge in [-0.3, -0.25) is 4.79 Å². The first-order valence-corrected chi connectivity index (χ1v) is 7.19. The fourth-order valence-corrected chi connectivity index (χ4v) is 3.40. The highest BCUT2D eigenvalue weighted by Gasteiger charge is 2.46. The summed E-state index contributed by atoms with van der Waals surface area (Å²) in [5.41, 5.74) is -1.87. The Kier molecular flexibility index (Phi) is 3.85. The predicted molar refractivity (Wildman–Crippen MR) is 69.6 cm³/mol. The molecule has 0 atom stereocenters. The molecule has 1 aliphatic carbocycles. The molecule has 108 valence electrons. The molecule has 0 unspecified atom stereocenters. The Morgan fingerprint density at radius 3 is 2.05 bits per heavy atom. The van der Waals surface area contributed by atoms with Gasteiger partial charge in [0.2, 0.25) is 5.91 Å². The van der Waals surface area contributed by atoms with Gasteiger partial charge in [-0.15, -0.1) is 0 Å². The number of aliphatic carboxylic acids is 1. The molecule has 19 heavy (non-hydrogen) atoms. The Morgan fingerprint density at radius 2 is 1.63 bits per heavy atom. The van der Waals surface area contributed by atoms with E-state index in [4.69, 9.17) is 5.11 Å². The van der Waals surface area contributed by atoms with E-state index in [0.29, 0.717) is 13.1 Å². The fraction of sp³-hybridized carbons (Fsp3) is 0.857. The van der Waals surface area contributed by atoms with E-state index in [1.165, 1.54) is 0 Å². The lowest BCUT2D eigenvalue weighted by Gasteiger charge is -2.40. The lowest BCUT2D eigenvalue weighted by molar-refractivity contribution is -0.167. The Balaban J connectivity index is 2.01. The van der Waals surface area contributed by atoms with Gasteiger partial charge in [-0.2, -0.15) is 0 Å². The van der Waals surface area contributed by atoms with Crippen molar-refractivity contribution < 1.29 is 19.8 Å². The van der Waals surface area contributed by atoms with E-state index in [1.54, 1.807) is 4.90 Å². The second-order valence-corrected chi connectivity index (χ2v) is 5.97. The number of hydrogen-bond donors (Lipinski definition) is 2. The van der Waals surface area contributed by atoms with Gasteiger partial charge in [-0.1, -0.05) is 19.8 Å². The van der Waals surface area contributed by atoms with Crippen molar-refractivity contribution in [3.8, 4) is 0 Å². The lowest BCUT2D eigenvalue weighted by atomic mass is 9.80. The van der Waals surface area contributed by atoms with Crippen LogP contribution in [-0.2, 0) is 9.59 Å². The zero-order valence-electron chi connectivity index (χ0n) is 11.5. The molecule has 0 aromatic heterocycles. The minimum atomic E-state index is -1.65. The molecule has 0 spiro atoms. The number of carboxylic acids is 1. The normalized spacial score (nSPS) is 25.3. The molecule has 5 heteroatoms. The van der Waals surface area contributed by atoms with Crippen LogP contribution < -0.4 is 0 Å². The van der Waals surface area contributed by atoms with Crippen LogP contribution in [-0.4, -0.2) is 45.7 Å². The van der Waals surface area contributed by atoms with Crippen molar-refractivity contribution >= 4 is 11.9 Å². The molecule has 0 aromatic rings. The number of piperidine rings is 1. The minimum absolute atomic E-state index is 0.133. The minimum Gasteiger partial charge on any atom is -0.479 e. The van der Waals surface area contributed by atoms with Crippen LogP contribution in [0, 0.1) is 5.41 Å². The van der Waals surface area contributed by atoms with Crippen molar-refractivity contribution in [2.45, 2.75) is 57.5 Å². The Labute approximate surface area is 113 Å². The van der Waals surface area contributed by atoms with Gasteiger partial charge in [0.1, 0.15) is 0 Å². The van der Waals surface area contributed by atoms with Crippen molar-refractivity contribution in [1.29, 1.82) is 0 Å². The van der Waals surface area contributed by atoms with E-state index >= 15 is 0 Å². The number of likely N-dealkylation sites (tertiary alicyclic amines) is 1. The Morgan fingerprint density at radius 1 is 1.11 bits per heavy atom. The van der Waals surface area contributed by atoms with Gasteiger partial charge in [-0.25, -0.2) is 4.79 Å². The summed E-state index contributed by atoms with van der Waals surface area (Å²) in [6.07, 6.45) is 5.22. The molecule has 2 rings (SSSR count). The van der Waals surface area contributed by atoms with Gasteiger partial charge in [-0.05, 0) is 19.3 Å². The molecule has 1 amide bonds. The smallest absolute Gasteiger partial charge is 0.335 e. The first kappa shape index (κ1) is 14.3. The summed E-state index contributed by atoms with van der Waals surface area (Å²) in [5, 5.41) is 18.9. The standard InChI is InChI=1S/C14H23NO4/c1-2-13(5-3-4-6-13)11(16)15-9-7-14(19,8-10-15)12(17)18/h19H,2-10H2,1H3,(H,17,18). The van der Waals surface area contributed by atoms with Crippen LogP contribution in [0.3, 0.4) is 0 Å². The molecule has 0 aromatic carbocycles. The molecular formula is C14H23NO4.